The third kappa shape index (κ3) is 4.30. The van der Waals surface area contributed by atoms with Gasteiger partial charge in [0.25, 0.3) is 0 Å². The van der Waals surface area contributed by atoms with Gasteiger partial charge in [0, 0.05) is 6.07 Å². The maximum Gasteiger partial charge on any atom is 0.200 e. The average molecular weight is 384 g/mol. The molecule has 5 heteroatoms. The van der Waals surface area contributed by atoms with Crippen LogP contribution in [-0.4, -0.2) is 32.2 Å². The highest BCUT2D eigenvalue weighted by atomic mass is 16.5. The molecule has 0 radical (unpaired) electrons. The second kappa shape index (κ2) is 9.31. The molecule has 2 aromatic rings. The van der Waals surface area contributed by atoms with Gasteiger partial charge in [-0.2, -0.15) is 0 Å². The lowest BCUT2D eigenvalue weighted by atomic mass is 9.94. The second-order valence-corrected chi connectivity index (χ2v) is 6.61. The highest BCUT2D eigenvalue weighted by Crippen LogP contribution is 2.37. The molecule has 0 aliphatic carbocycles. The summed E-state index contributed by atoms with van der Waals surface area (Å²) in [6.45, 7) is 5.96. The Hall–Kier alpha value is -2.95. The van der Waals surface area contributed by atoms with E-state index in [-0.39, 0.29) is 11.5 Å². The first kappa shape index (κ1) is 21.4. The minimum atomic E-state index is -0.248. The number of ether oxygens (including phenoxy) is 3. The summed E-state index contributed by atoms with van der Waals surface area (Å²) < 4.78 is 16.2. The van der Waals surface area contributed by atoms with E-state index in [0.29, 0.717) is 40.4 Å². The highest BCUT2D eigenvalue weighted by molar-refractivity contribution is 6.14. The van der Waals surface area contributed by atoms with Gasteiger partial charge < -0.3 is 19.3 Å². The number of aryl methyl sites for hydroxylation is 1. The number of aromatic hydroxyl groups is 1. The molecule has 0 aliphatic rings. The second-order valence-electron chi connectivity index (χ2n) is 6.61. The molecule has 28 heavy (non-hydrogen) atoms. The van der Waals surface area contributed by atoms with Crippen LogP contribution in [-0.2, 0) is 6.42 Å². The number of hydrogen-bond acceptors (Lipinski definition) is 5. The van der Waals surface area contributed by atoms with Gasteiger partial charge in [-0.1, -0.05) is 24.6 Å². The van der Waals surface area contributed by atoms with Crippen LogP contribution in [0, 0.1) is 6.92 Å². The number of phenols is 1. The van der Waals surface area contributed by atoms with E-state index in [1.165, 1.54) is 33.0 Å². The SMILES string of the molecule is CC/C(C)=C\Cc1cc(C(=O)c2c(C)ccc(OC)c2OC)c(OC)cc1O. The molecule has 0 amide bonds. The van der Waals surface area contributed by atoms with E-state index in [9.17, 15) is 9.90 Å². The van der Waals surface area contributed by atoms with Gasteiger partial charge in [-0.25, -0.2) is 0 Å². The zero-order chi connectivity index (χ0) is 20.8. The molecule has 0 aromatic heterocycles. The van der Waals surface area contributed by atoms with E-state index in [0.717, 1.165) is 12.0 Å². The van der Waals surface area contributed by atoms with Gasteiger partial charge in [-0.3, -0.25) is 4.79 Å². The third-order valence-corrected chi connectivity index (χ3v) is 4.85. The number of ketones is 1. The van der Waals surface area contributed by atoms with Crippen LogP contribution in [0.3, 0.4) is 0 Å². The van der Waals surface area contributed by atoms with Crippen LogP contribution in [0.1, 0.15) is 47.3 Å². The van der Waals surface area contributed by atoms with Gasteiger partial charge in [-0.05, 0) is 49.9 Å². The van der Waals surface area contributed by atoms with Crippen LogP contribution >= 0.6 is 0 Å². The monoisotopic (exact) mass is 384 g/mol. The number of carbonyl (C=O) groups is 1. The molecule has 1 N–H and O–H groups in total. The number of benzene rings is 2. The van der Waals surface area contributed by atoms with Gasteiger partial charge in [-0.15, -0.1) is 0 Å². The third-order valence-electron chi connectivity index (χ3n) is 4.85. The van der Waals surface area contributed by atoms with E-state index >= 15 is 0 Å². The molecule has 0 spiro atoms. The molecule has 0 bridgehead atoms. The molecule has 0 aliphatic heterocycles. The smallest absolute Gasteiger partial charge is 0.200 e. The van der Waals surface area contributed by atoms with Crippen molar-refractivity contribution in [2.75, 3.05) is 21.3 Å². The largest absolute Gasteiger partial charge is 0.508 e. The summed E-state index contributed by atoms with van der Waals surface area (Å²) in [5.74, 6) is 1.03. The Kier molecular flexibility index (Phi) is 7.10. The molecule has 2 aromatic carbocycles. The summed E-state index contributed by atoms with van der Waals surface area (Å²) in [4.78, 5) is 13.4. The average Bonchev–Trinajstić information content (AvgIpc) is 2.71. The molecule has 0 atom stereocenters. The predicted molar refractivity (Wildman–Crippen MR) is 110 cm³/mol. The van der Waals surface area contributed by atoms with Gasteiger partial charge in [0.05, 0.1) is 32.5 Å². The number of phenolic OH excluding ortho intramolecular Hbond substituents is 1. The zero-order valence-electron chi connectivity index (χ0n) is 17.4. The standard InChI is InChI=1S/C23H28O5/c1-7-14(2)8-10-16-12-17(20(27-5)13-18(16)24)22(25)21-15(3)9-11-19(26-4)23(21)28-6/h8-9,11-13,24H,7,10H2,1-6H3/b14-8-. The fraction of sp³-hybridized carbons (Fsp3) is 0.348. The van der Waals surface area contributed by atoms with Crippen molar-refractivity contribution in [3.05, 3.63) is 58.2 Å². The highest BCUT2D eigenvalue weighted by Gasteiger charge is 2.24. The van der Waals surface area contributed by atoms with Crippen molar-refractivity contribution in [2.45, 2.75) is 33.6 Å². The first-order chi connectivity index (χ1) is 13.4. The van der Waals surface area contributed by atoms with E-state index in [2.05, 4.69) is 6.92 Å². The molecule has 0 saturated heterocycles. The molecule has 0 unspecified atom stereocenters. The van der Waals surface area contributed by atoms with Crippen molar-refractivity contribution >= 4 is 5.78 Å². The van der Waals surface area contributed by atoms with Crippen LogP contribution in [0.15, 0.2) is 35.9 Å². The minimum absolute atomic E-state index is 0.0999. The lowest BCUT2D eigenvalue weighted by molar-refractivity contribution is 0.103. The molecule has 2 rings (SSSR count). The molecule has 0 heterocycles. The molecular formula is C23H28O5. The summed E-state index contributed by atoms with van der Waals surface area (Å²) in [7, 11) is 4.51. The molecule has 150 valence electrons. The maximum atomic E-state index is 13.4. The maximum absolute atomic E-state index is 13.4. The summed E-state index contributed by atoms with van der Waals surface area (Å²) in [6.07, 6.45) is 3.51. The lowest BCUT2D eigenvalue weighted by Gasteiger charge is -2.16. The Balaban J connectivity index is 2.62. The molecule has 0 saturated carbocycles. The lowest BCUT2D eigenvalue weighted by Crippen LogP contribution is -2.10. The van der Waals surface area contributed by atoms with E-state index < -0.39 is 0 Å². The Labute approximate surface area is 166 Å². The fourth-order valence-electron chi connectivity index (χ4n) is 2.99. The van der Waals surface area contributed by atoms with Gasteiger partial charge in [0.1, 0.15) is 11.5 Å². The predicted octanol–water partition coefficient (Wildman–Crippen LogP) is 4.86. The molecule has 5 nitrogen and oxygen atoms in total. The number of rotatable bonds is 8. The van der Waals surface area contributed by atoms with Crippen LogP contribution in [0.5, 0.6) is 23.0 Å². The Morgan fingerprint density at radius 3 is 2.32 bits per heavy atom. The zero-order valence-corrected chi connectivity index (χ0v) is 17.4. The fourth-order valence-corrected chi connectivity index (χ4v) is 2.99. The Morgan fingerprint density at radius 1 is 1.07 bits per heavy atom. The van der Waals surface area contributed by atoms with Crippen LogP contribution < -0.4 is 14.2 Å². The quantitative estimate of drug-likeness (QED) is 0.520. The van der Waals surface area contributed by atoms with Crippen LogP contribution in [0.2, 0.25) is 0 Å². The molecule has 0 fully saturated rings. The normalized spacial score (nSPS) is 11.3. The van der Waals surface area contributed by atoms with E-state index in [4.69, 9.17) is 14.2 Å². The number of carbonyl (C=O) groups excluding carboxylic acids is 1. The summed E-state index contributed by atoms with van der Waals surface area (Å²) in [5.41, 5.74) is 3.43. The van der Waals surface area contributed by atoms with E-state index in [1.807, 2.05) is 26.0 Å². The van der Waals surface area contributed by atoms with Gasteiger partial charge in [0.2, 0.25) is 5.78 Å². The number of allylic oxidation sites excluding steroid dienone is 2. The summed E-state index contributed by atoms with van der Waals surface area (Å²) >= 11 is 0. The Bertz CT molecular complexity index is 896. The summed E-state index contributed by atoms with van der Waals surface area (Å²) in [6, 6.07) is 6.76. The Morgan fingerprint density at radius 2 is 1.75 bits per heavy atom. The van der Waals surface area contributed by atoms with Crippen LogP contribution in [0.4, 0.5) is 0 Å². The van der Waals surface area contributed by atoms with Crippen LogP contribution in [0.25, 0.3) is 0 Å². The van der Waals surface area contributed by atoms with Crippen molar-refractivity contribution in [3.63, 3.8) is 0 Å². The first-order valence-corrected chi connectivity index (χ1v) is 9.19. The minimum Gasteiger partial charge on any atom is -0.508 e. The van der Waals surface area contributed by atoms with Gasteiger partial charge in [0.15, 0.2) is 11.5 Å². The van der Waals surface area contributed by atoms with E-state index in [1.54, 1.807) is 12.1 Å². The summed E-state index contributed by atoms with van der Waals surface area (Å²) in [5, 5.41) is 10.4. The number of hydrogen-bond donors (Lipinski definition) is 1. The topological polar surface area (TPSA) is 65.0 Å². The van der Waals surface area contributed by atoms with Crippen molar-refractivity contribution in [3.8, 4) is 23.0 Å². The van der Waals surface area contributed by atoms with Gasteiger partial charge >= 0.3 is 0 Å². The first-order valence-electron chi connectivity index (χ1n) is 9.19. The number of methoxy groups -OCH3 is 3. The van der Waals surface area contributed by atoms with Crippen molar-refractivity contribution in [2.24, 2.45) is 0 Å². The van der Waals surface area contributed by atoms with Crippen molar-refractivity contribution in [1.29, 1.82) is 0 Å². The van der Waals surface area contributed by atoms with Crippen molar-refractivity contribution in [1.82, 2.24) is 0 Å². The molecular weight excluding hydrogens is 356 g/mol. The van der Waals surface area contributed by atoms with Crippen molar-refractivity contribution < 1.29 is 24.1 Å².